The highest BCUT2D eigenvalue weighted by atomic mass is 35.5. The summed E-state index contributed by atoms with van der Waals surface area (Å²) in [5.74, 6) is -0.264. The number of rotatable bonds is 8. The van der Waals surface area contributed by atoms with E-state index in [-0.39, 0.29) is 11.7 Å². The van der Waals surface area contributed by atoms with Crippen LogP contribution in [0.1, 0.15) is 38.9 Å². The molecule has 0 atom stereocenters. The molecule has 0 spiro atoms. The maximum Gasteiger partial charge on any atom is 0.343 e. The summed E-state index contributed by atoms with van der Waals surface area (Å²) < 4.78 is 11.2. The molecule has 1 aromatic heterocycles. The van der Waals surface area contributed by atoms with Crippen molar-refractivity contribution in [3.05, 3.63) is 118 Å². The van der Waals surface area contributed by atoms with Crippen molar-refractivity contribution in [2.24, 2.45) is 5.10 Å². The number of aromatic amines is 1. The van der Waals surface area contributed by atoms with Gasteiger partial charge in [-0.3, -0.25) is 4.79 Å². The van der Waals surface area contributed by atoms with Gasteiger partial charge in [0.15, 0.2) is 11.5 Å². The maximum absolute atomic E-state index is 13.3. The second-order valence-electron chi connectivity index (χ2n) is 8.97. The first-order valence-corrected chi connectivity index (χ1v) is 13.1. The van der Waals surface area contributed by atoms with Gasteiger partial charge in [-0.2, -0.15) is 5.10 Å². The normalized spacial score (nSPS) is 11.1. The molecule has 0 aliphatic heterocycles. The summed E-state index contributed by atoms with van der Waals surface area (Å²) in [6, 6.07) is 27.2. The largest absolute Gasteiger partial charge is 0.490 e. The minimum atomic E-state index is -0.533. The van der Waals surface area contributed by atoms with Gasteiger partial charge in [-0.25, -0.2) is 10.2 Å². The number of esters is 1. The Bertz CT molecular complexity index is 1710. The number of para-hydroxylation sites is 1. The smallest absolute Gasteiger partial charge is 0.343 e. The Morgan fingerprint density at radius 1 is 0.950 bits per heavy atom. The molecule has 0 saturated carbocycles. The molecule has 0 unspecified atom stereocenters. The van der Waals surface area contributed by atoms with Gasteiger partial charge >= 0.3 is 5.97 Å². The van der Waals surface area contributed by atoms with Gasteiger partial charge in [-0.15, -0.1) is 0 Å². The van der Waals surface area contributed by atoms with E-state index < -0.39 is 5.97 Å². The Morgan fingerprint density at radius 2 is 1.73 bits per heavy atom. The van der Waals surface area contributed by atoms with Crippen molar-refractivity contribution in [2.45, 2.75) is 13.8 Å². The van der Waals surface area contributed by atoms with Gasteiger partial charge in [0.1, 0.15) is 5.69 Å². The first kappa shape index (κ1) is 26.7. The molecule has 4 aromatic carbocycles. The number of benzene rings is 4. The summed E-state index contributed by atoms with van der Waals surface area (Å²) in [4.78, 5) is 29.1. The summed E-state index contributed by atoms with van der Waals surface area (Å²) in [6.07, 6.45) is 1.50. The Hall–Kier alpha value is -4.88. The molecule has 0 saturated heterocycles. The van der Waals surface area contributed by atoms with E-state index in [2.05, 4.69) is 15.5 Å². The molecule has 2 N–H and O–H groups in total. The summed E-state index contributed by atoms with van der Waals surface area (Å²) in [5.41, 5.74) is 7.74. The third-order valence-corrected chi connectivity index (χ3v) is 6.51. The van der Waals surface area contributed by atoms with Gasteiger partial charge in [0, 0.05) is 21.5 Å². The quantitative estimate of drug-likeness (QED) is 0.0924. The molecule has 0 bridgehead atoms. The first-order valence-electron chi connectivity index (χ1n) is 12.7. The van der Waals surface area contributed by atoms with Crippen LogP contribution in [0.4, 0.5) is 0 Å². The Labute approximate surface area is 236 Å². The number of carbonyl (C=O) groups excluding carboxylic acids is 2. The highest BCUT2D eigenvalue weighted by Crippen LogP contribution is 2.34. The van der Waals surface area contributed by atoms with E-state index >= 15 is 0 Å². The van der Waals surface area contributed by atoms with E-state index in [1.807, 2.05) is 62.4 Å². The van der Waals surface area contributed by atoms with E-state index in [4.69, 9.17) is 21.1 Å². The Morgan fingerprint density at radius 3 is 2.48 bits per heavy atom. The second kappa shape index (κ2) is 11.9. The topological polar surface area (TPSA) is 92.8 Å². The number of aryl methyl sites for hydroxylation is 1. The number of hydrogen-bond donors (Lipinski definition) is 2. The first-order chi connectivity index (χ1) is 19.4. The lowest BCUT2D eigenvalue weighted by Crippen LogP contribution is -2.19. The fourth-order valence-corrected chi connectivity index (χ4v) is 4.49. The number of amides is 1. The van der Waals surface area contributed by atoms with Gasteiger partial charge in [-0.1, -0.05) is 60.1 Å². The Balaban J connectivity index is 1.36. The minimum absolute atomic E-state index is 0.268. The lowest BCUT2D eigenvalue weighted by atomic mass is 10.0. The van der Waals surface area contributed by atoms with Crippen molar-refractivity contribution in [3.63, 3.8) is 0 Å². The number of carbonyl (C=O) groups is 2. The zero-order chi connectivity index (χ0) is 28.1. The van der Waals surface area contributed by atoms with Crippen LogP contribution in [0, 0.1) is 6.92 Å². The average Bonchev–Trinajstić information content (AvgIpc) is 3.36. The summed E-state index contributed by atoms with van der Waals surface area (Å²) in [5, 5.41) is 5.66. The van der Waals surface area contributed by atoms with Crippen molar-refractivity contribution < 1.29 is 19.1 Å². The van der Waals surface area contributed by atoms with Gasteiger partial charge < -0.3 is 14.5 Å². The zero-order valence-electron chi connectivity index (χ0n) is 21.9. The van der Waals surface area contributed by atoms with Crippen LogP contribution in [-0.4, -0.2) is 29.7 Å². The summed E-state index contributed by atoms with van der Waals surface area (Å²) >= 11 is 5.90. The number of aromatic nitrogens is 1. The van der Waals surface area contributed by atoms with Crippen molar-refractivity contribution in [1.29, 1.82) is 0 Å². The van der Waals surface area contributed by atoms with Crippen molar-refractivity contribution in [1.82, 2.24) is 10.4 Å². The summed E-state index contributed by atoms with van der Waals surface area (Å²) in [6.45, 7) is 4.20. The molecule has 1 heterocycles. The predicted molar refractivity (Wildman–Crippen MR) is 158 cm³/mol. The average molecular weight is 552 g/mol. The van der Waals surface area contributed by atoms with Crippen LogP contribution < -0.4 is 14.9 Å². The predicted octanol–water partition coefficient (Wildman–Crippen LogP) is 7.18. The fraction of sp³-hybridized carbons (Fsp3) is 0.0938. The highest BCUT2D eigenvalue weighted by molar-refractivity contribution is 6.30. The SMILES string of the molecule is CCOc1cc(C=NNC(=O)c2[nH]c3c(C)cccc3c2-c2ccccc2)ccc1OC(=O)c1ccc(Cl)cc1. The lowest BCUT2D eigenvalue weighted by Gasteiger charge is -2.11. The molecule has 0 aliphatic rings. The van der Waals surface area contributed by atoms with Crippen LogP contribution in [0.2, 0.25) is 5.02 Å². The molecule has 5 aromatic rings. The van der Waals surface area contributed by atoms with Crippen LogP contribution in [0.15, 0.2) is 96.1 Å². The van der Waals surface area contributed by atoms with E-state index in [1.54, 1.807) is 42.5 Å². The molecule has 40 heavy (non-hydrogen) atoms. The van der Waals surface area contributed by atoms with Gasteiger partial charge in [0.25, 0.3) is 5.91 Å². The number of ether oxygens (including phenoxy) is 2. The van der Waals surface area contributed by atoms with Crippen molar-refractivity contribution in [3.8, 4) is 22.6 Å². The molecule has 5 rings (SSSR count). The lowest BCUT2D eigenvalue weighted by molar-refractivity contribution is 0.0728. The molecule has 0 fully saturated rings. The molecule has 8 heteroatoms. The third-order valence-electron chi connectivity index (χ3n) is 6.26. The zero-order valence-corrected chi connectivity index (χ0v) is 22.7. The van der Waals surface area contributed by atoms with Gasteiger partial charge in [0.2, 0.25) is 0 Å². The standard InChI is InChI=1S/C32H26ClN3O4/c1-3-39-27-18-21(12-17-26(27)40-32(38)23-13-15-24(33)16-14-23)19-34-36-31(37)30-28(22-9-5-4-6-10-22)25-11-7-8-20(2)29(25)35-30/h4-19,35H,3H2,1-2H3,(H,36,37). The number of nitrogens with zero attached hydrogens (tertiary/aromatic N) is 1. The minimum Gasteiger partial charge on any atom is -0.490 e. The number of fused-ring (bicyclic) bond motifs is 1. The van der Waals surface area contributed by atoms with E-state index in [0.717, 1.165) is 27.6 Å². The monoisotopic (exact) mass is 551 g/mol. The van der Waals surface area contributed by atoms with Crippen molar-refractivity contribution in [2.75, 3.05) is 6.61 Å². The van der Waals surface area contributed by atoms with E-state index in [9.17, 15) is 9.59 Å². The highest BCUT2D eigenvalue weighted by Gasteiger charge is 2.20. The number of hydrogen-bond acceptors (Lipinski definition) is 5. The Kier molecular flexibility index (Phi) is 7.94. The molecular formula is C32H26ClN3O4. The fourth-order valence-electron chi connectivity index (χ4n) is 4.36. The number of hydrazone groups is 1. The van der Waals surface area contributed by atoms with Crippen LogP contribution >= 0.6 is 11.6 Å². The van der Waals surface area contributed by atoms with Gasteiger partial charge in [-0.05, 0) is 73.0 Å². The maximum atomic E-state index is 13.3. The van der Waals surface area contributed by atoms with Crippen LogP contribution in [0.25, 0.3) is 22.0 Å². The van der Waals surface area contributed by atoms with Crippen LogP contribution in [0.3, 0.4) is 0 Å². The molecular weight excluding hydrogens is 526 g/mol. The second-order valence-corrected chi connectivity index (χ2v) is 9.41. The molecule has 0 aliphatic carbocycles. The third kappa shape index (κ3) is 5.75. The molecule has 200 valence electrons. The van der Waals surface area contributed by atoms with Crippen molar-refractivity contribution >= 4 is 40.6 Å². The van der Waals surface area contributed by atoms with Crippen LogP contribution in [-0.2, 0) is 0 Å². The number of halogens is 1. The molecule has 0 radical (unpaired) electrons. The summed E-state index contributed by atoms with van der Waals surface area (Å²) in [7, 11) is 0. The number of H-pyrrole nitrogens is 1. The van der Waals surface area contributed by atoms with Crippen LogP contribution in [0.5, 0.6) is 11.5 Å². The number of nitrogens with one attached hydrogen (secondary N) is 2. The molecule has 7 nitrogen and oxygen atoms in total. The van der Waals surface area contributed by atoms with E-state index in [1.165, 1.54) is 6.21 Å². The van der Waals surface area contributed by atoms with E-state index in [0.29, 0.717) is 34.2 Å². The molecule has 1 amide bonds. The van der Waals surface area contributed by atoms with Gasteiger partial charge in [0.05, 0.1) is 18.4 Å².